The number of benzene rings is 8. The topological polar surface area (TPSA) is 0 Å². The van der Waals surface area contributed by atoms with Crippen molar-refractivity contribution in [2.24, 2.45) is 0 Å². The fourth-order valence-corrected chi connectivity index (χ4v) is 6.58. The van der Waals surface area contributed by atoms with Crippen molar-refractivity contribution in [2.45, 2.75) is 0 Å². The Morgan fingerprint density at radius 1 is 0.205 bits per heavy atom. The Morgan fingerprint density at radius 3 is 0.955 bits per heavy atom. The van der Waals surface area contributed by atoms with Gasteiger partial charge in [0.15, 0.2) is 0 Å². The van der Waals surface area contributed by atoms with E-state index in [1.807, 2.05) is 0 Å². The van der Waals surface area contributed by atoms with Crippen LogP contribution in [0.25, 0.3) is 77.2 Å². The number of hydrogen-bond acceptors (Lipinski definition) is 0. The van der Waals surface area contributed by atoms with Crippen molar-refractivity contribution in [3.8, 4) is 55.6 Å². The Labute approximate surface area is 258 Å². The third-order valence-corrected chi connectivity index (χ3v) is 8.70. The van der Waals surface area contributed by atoms with E-state index in [9.17, 15) is 0 Å². The second-order valence-electron chi connectivity index (χ2n) is 11.3. The van der Waals surface area contributed by atoms with Gasteiger partial charge in [-0.25, -0.2) is 0 Å². The highest BCUT2D eigenvalue weighted by atomic mass is 14.2. The molecule has 0 unspecified atom stereocenters. The summed E-state index contributed by atoms with van der Waals surface area (Å²) in [7, 11) is 0. The monoisotopic (exact) mass is 558 g/mol. The fraction of sp³-hybridized carbons (Fsp3) is 0. The highest BCUT2D eigenvalue weighted by Crippen LogP contribution is 2.39. The maximum Gasteiger partial charge on any atom is -0.00992 e. The van der Waals surface area contributed by atoms with E-state index in [0.29, 0.717) is 0 Å². The first-order valence-corrected chi connectivity index (χ1v) is 15.2. The van der Waals surface area contributed by atoms with Crippen molar-refractivity contribution in [3.05, 3.63) is 182 Å². The molecule has 0 aliphatic heterocycles. The average Bonchev–Trinajstić information content (AvgIpc) is 3.11. The molecule has 0 nitrogen and oxygen atoms in total. The summed E-state index contributed by atoms with van der Waals surface area (Å²) < 4.78 is 0. The molecule has 0 N–H and O–H groups in total. The molecule has 0 heterocycles. The standard InChI is InChI=1S/C44H30/c1-3-13-31(14-4-1)37-19-7-9-21-39(37)35-25-27-41-33(29-35)17-11-23-43(41)44-24-12-18-34-30-36(26-28-42(34)44)40-22-10-8-20-38(40)32-15-5-2-6-16-32/h1-30H. The molecule has 0 atom stereocenters. The minimum atomic E-state index is 1.23. The van der Waals surface area contributed by atoms with E-state index in [4.69, 9.17) is 0 Å². The van der Waals surface area contributed by atoms with E-state index in [1.165, 1.54) is 77.2 Å². The largest absolute Gasteiger partial charge is 0.0622 e. The quantitative estimate of drug-likeness (QED) is 0.197. The van der Waals surface area contributed by atoms with Crippen molar-refractivity contribution < 1.29 is 0 Å². The van der Waals surface area contributed by atoms with Gasteiger partial charge in [-0.3, -0.25) is 0 Å². The van der Waals surface area contributed by atoms with Crippen molar-refractivity contribution in [1.82, 2.24) is 0 Å². The Morgan fingerprint density at radius 2 is 0.545 bits per heavy atom. The first-order valence-electron chi connectivity index (χ1n) is 15.2. The van der Waals surface area contributed by atoms with Gasteiger partial charge in [0.1, 0.15) is 0 Å². The molecule has 0 fully saturated rings. The molecule has 0 aromatic heterocycles. The number of hydrogen-bond donors (Lipinski definition) is 0. The van der Waals surface area contributed by atoms with Crippen LogP contribution in [0, 0.1) is 0 Å². The SMILES string of the molecule is c1ccc(-c2ccccc2-c2ccc3c(-c4cccc5cc(-c6ccccc6-c6ccccc6)ccc45)cccc3c2)cc1. The van der Waals surface area contributed by atoms with Gasteiger partial charge < -0.3 is 0 Å². The van der Waals surface area contributed by atoms with Crippen molar-refractivity contribution >= 4 is 21.5 Å². The van der Waals surface area contributed by atoms with Gasteiger partial charge in [0.25, 0.3) is 0 Å². The summed E-state index contributed by atoms with van der Waals surface area (Å²) in [5.41, 5.74) is 12.4. The number of rotatable bonds is 5. The zero-order chi connectivity index (χ0) is 29.3. The van der Waals surface area contributed by atoms with E-state index in [-0.39, 0.29) is 0 Å². The summed E-state index contributed by atoms with van der Waals surface area (Å²) in [6.45, 7) is 0. The molecule has 8 aromatic rings. The summed E-state index contributed by atoms with van der Waals surface area (Å²) in [4.78, 5) is 0. The van der Waals surface area contributed by atoms with Gasteiger partial charge in [-0.15, -0.1) is 0 Å². The van der Waals surface area contributed by atoms with E-state index in [2.05, 4.69) is 182 Å². The predicted octanol–water partition coefficient (Wildman–Crippen LogP) is 12.3. The summed E-state index contributed by atoms with van der Waals surface area (Å²) in [5.74, 6) is 0. The second-order valence-corrected chi connectivity index (χ2v) is 11.3. The first kappa shape index (κ1) is 25.9. The Balaban J connectivity index is 1.22. The Kier molecular flexibility index (Phi) is 6.59. The maximum atomic E-state index is 2.34. The lowest BCUT2D eigenvalue weighted by Crippen LogP contribution is -1.88. The van der Waals surface area contributed by atoms with Crippen LogP contribution in [0.15, 0.2) is 182 Å². The Hall–Kier alpha value is -5.72. The van der Waals surface area contributed by atoms with E-state index in [1.54, 1.807) is 0 Å². The first-order chi connectivity index (χ1) is 21.8. The molecule has 0 spiro atoms. The minimum absolute atomic E-state index is 1.23. The zero-order valence-electron chi connectivity index (χ0n) is 24.3. The van der Waals surface area contributed by atoms with Crippen LogP contribution in [-0.2, 0) is 0 Å². The van der Waals surface area contributed by atoms with Gasteiger partial charge in [-0.2, -0.15) is 0 Å². The second kappa shape index (κ2) is 11.2. The van der Waals surface area contributed by atoms with Crippen LogP contribution in [0.3, 0.4) is 0 Å². The van der Waals surface area contributed by atoms with E-state index in [0.717, 1.165) is 0 Å². The van der Waals surface area contributed by atoms with Crippen LogP contribution in [0.2, 0.25) is 0 Å². The molecule has 0 aliphatic carbocycles. The molecule has 0 heteroatoms. The molecular formula is C44H30. The van der Waals surface area contributed by atoms with Crippen LogP contribution in [0.5, 0.6) is 0 Å². The molecule has 0 bridgehead atoms. The zero-order valence-corrected chi connectivity index (χ0v) is 24.3. The van der Waals surface area contributed by atoms with Gasteiger partial charge in [-0.1, -0.05) is 170 Å². The van der Waals surface area contributed by atoms with Gasteiger partial charge in [-0.05, 0) is 89.3 Å². The summed E-state index contributed by atoms with van der Waals surface area (Å²) in [6, 6.07) is 65.9. The minimum Gasteiger partial charge on any atom is -0.0622 e. The lowest BCUT2D eigenvalue weighted by Gasteiger charge is -2.15. The van der Waals surface area contributed by atoms with Crippen LogP contribution >= 0.6 is 0 Å². The molecule has 0 saturated carbocycles. The lowest BCUT2D eigenvalue weighted by molar-refractivity contribution is 1.59. The van der Waals surface area contributed by atoms with E-state index < -0.39 is 0 Å². The van der Waals surface area contributed by atoms with Crippen molar-refractivity contribution in [1.29, 1.82) is 0 Å². The molecule has 0 aliphatic rings. The van der Waals surface area contributed by atoms with Crippen LogP contribution < -0.4 is 0 Å². The summed E-state index contributed by atoms with van der Waals surface area (Å²) >= 11 is 0. The van der Waals surface area contributed by atoms with E-state index >= 15 is 0 Å². The lowest BCUT2D eigenvalue weighted by atomic mass is 9.89. The smallest absolute Gasteiger partial charge is 0.00992 e. The molecule has 0 saturated heterocycles. The summed E-state index contributed by atoms with van der Waals surface area (Å²) in [6.07, 6.45) is 0. The van der Waals surface area contributed by atoms with Gasteiger partial charge >= 0.3 is 0 Å². The molecule has 8 aromatic carbocycles. The predicted molar refractivity (Wildman–Crippen MR) is 189 cm³/mol. The Bertz CT molecular complexity index is 2090. The molecule has 0 amide bonds. The van der Waals surface area contributed by atoms with Gasteiger partial charge in [0.05, 0.1) is 0 Å². The highest BCUT2D eigenvalue weighted by Gasteiger charge is 2.13. The molecular weight excluding hydrogens is 528 g/mol. The van der Waals surface area contributed by atoms with Crippen molar-refractivity contribution in [3.63, 3.8) is 0 Å². The van der Waals surface area contributed by atoms with Gasteiger partial charge in [0.2, 0.25) is 0 Å². The van der Waals surface area contributed by atoms with Gasteiger partial charge in [0, 0.05) is 0 Å². The molecule has 206 valence electrons. The van der Waals surface area contributed by atoms with Crippen LogP contribution in [-0.4, -0.2) is 0 Å². The number of fused-ring (bicyclic) bond motifs is 2. The summed E-state index contributed by atoms with van der Waals surface area (Å²) in [5, 5.41) is 5.01. The third kappa shape index (κ3) is 4.68. The molecule has 0 radical (unpaired) electrons. The van der Waals surface area contributed by atoms with Crippen molar-refractivity contribution in [2.75, 3.05) is 0 Å². The normalized spacial score (nSPS) is 11.2. The molecule has 8 rings (SSSR count). The van der Waals surface area contributed by atoms with Crippen LogP contribution in [0.1, 0.15) is 0 Å². The molecule has 44 heavy (non-hydrogen) atoms. The maximum absolute atomic E-state index is 2.34. The third-order valence-electron chi connectivity index (χ3n) is 8.70. The highest BCUT2D eigenvalue weighted by molar-refractivity contribution is 6.07. The average molecular weight is 559 g/mol. The fourth-order valence-electron chi connectivity index (χ4n) is 6.58. The van der Waals surface area contributed by atoms with Crippen LogP contribution in [0.4, 0.5) is 0 Å².